The summed E-state index contributed by atoms with van der Waals surface area (Å²) in [4.78, 5) is 29.4. The number of carbonyl (C=O) groups is 2. The first kappa shape index (κ1) is 20.4. The second-order valence-electron chi connectivity index (χ2n) is 7.77. The molecule has 0 radical (unpaired) electrons. The highest BCUT2D eigenvalue weighted by atomic mass is 16.5. The maximum absolute atomic E-state index is 12.6. The lowest BCUT2D eigenvalue weighted by Crippen LogP contribution is -2.23. The molecular weight excluding hydrogens is 418 g/mol. The van der Waals surface area contributed by atoms with E-state index in [0.29, 0.717) is 23.2 Å². The molecule has 0 bridgehead atoms. The molecule has 2 N–H and O–H groups in total. The summed E-state index contributed by atoms with van der Waals surface area (Å²) in [6, 6.07) is 23.5. The first-order chi connectivity index (χ1) is 16.0. The third-order valence-corrected chi connectivity index (χ3v) is 5.27. The number of amides is 2. The van der Waals surface area contributed by atoms with E-state index in [1.54, 1.807) is 24.3 Å². The molecular formula is C25H21N5O3. The van der Waals surface area contributed by atoms with Crippen LogP contribution in [-0.4, -0.2) is 26.6 Å². The Morgan fingerprint density at radius 3 is 2.42 bits per heavy atom. The molecule has 1 aliphatic rings. The van der Waals surface area contributed by atoms with Gasteiger partial charge in [-0.25, -0.2) is 4.68 Å². The normalized spacial score (nSPS) is 14.5. The minimum absolute atomic E-state index is 0.0577. The Labute approximate surface area is 190 Å². The Kier molecular flexibility index (Phi) is 5.32. The van der Waals surface area contributed by atoms with Crippen molar-refractivity contribution >= 4 is 23.5 Å². The van der Waals surface area contributed by atoms with E-state index in [1.165, 1.54) is 4.68 Å². The third-order valence-electron chi connectivity index (χ3n) is 5.27. The minimum Gasteiger partial charge on any atom is -0.457 e. The molecule has 8 heteroatoms. The van der Waals surface area contributed by atoms with Gasteiger partial charge < -0.3 is 10.1 Å². The molecule has 4 aromatic rings. The number of hydrogen-bond donors (Lipinski definition) is 2. The van der Waals surface area contributed by atoms with Gasteiger partial charge in [-0.05, 0) is 43.3 Å². The van der Waals surface area contributed by atoms with E-state index < -0.39 is 6.04 Å². The molecule has 3 aromatic carbocycles. The van der Waals surface area contributed by atoms with Crippen LogP contribution in [0.4, 0.5) is 11.6 Å². The number of aryl methyl sites for hydroxylation is 1. The number of nitrogens with zero attached hydrogens (tertiary/aromatic N) is 3. The molecule has 0 spiro atoms. The van der Waals surface area contributed by atoms with Gasteiger partial charge in [-0.1, -0.05) is 48.0 Å². The van der Waals surface area contributed by atoms with E-state index in [-0.39, 0.29) is 18.2 Å². The van der Waals surface area contributed by atoms with Gasteiger partial charge in [0, 0.05) is 11.3 Å². The summed E-state index contributed by atoms with van der Waals surface area (Å²) < 4.78 is 7.24. The average molecular weight is 439 g/mol. The van der Waals surface area contributed by atoms with Gasteiger partial charge in [0.05, 0.1) is 6.42 Å². The molecule has 0 aliphatic carbocycles. The second-order valence-corrected chi connectivity index (χ2v) is 7.77. The lowest BCUT2D eigenvalue weighted by Gasteiger charge is -2.11. The molecule has 164 valence electrons. The zero-order valence-corrected chi connectivity index (χ0v) is 17.9. The van der Waals surface area contributed by atoms with Crippen molar-refractivity contribution < 1.29 is 14.3 Å². The van der Waals surface area contributed by atoms with Crippen molar-refractivity contribution in [2.45, 2.75) is 19.4 Å². The van der Waals surface area contributed by atoms with Crippen molar-refractivity contribution in [1.82, 2.24) is 14.8 Å². The Hall–Kier alpha value is -4.46. The molecule has 2 amide bonds. The molecule has 2 heterocycles. The first-order valence-electron chi connectivity index (χ1n) is 10.5. The van der Waals surface area contributed by atoms with Crippen molar-refractivity contribution in [3.8, 4) is 22.9 Å². The number of para-hydroxylation sites is 1. The van der Waals surface area contributed by atoms with Crippen molar-refractivity contribution in [3.05, 3.63) is 84.4 Å². The number of fused-ring (bicyclic) bond motifs is 1. The molecule has 0 fully saturated rings. The van der Waals surface area contributed by atoms with Crippen molar-refractivity contribution in [2.24, 2.45) is 0 Å². The Morgan fingerprint density at radius 1 is 1.00 bits per heavy atom. The van der Waals surface area contributed by atoms with Crippen molar-refractivity contribution in [3.63, 3.8) is 0 Å². The van der Waals surface area contributed by atoms with Gasteiger partial charge in [-0.15, -0.1) is 5.10 Å². The maximum Gasteiger partial charge on any atom is 0.252 e. The Balaban J connectivity index is 1.24. The molecule has 0 saturated heterocycles. The number of carbonyl (C=O) groups excluding carboxylic acids is 2. The van der Waals surface area contributed by atoms with Crippen molar-refractivity contribution in [1.29, 1.82) is 0 Å². The number of ether oxygens (including phenoxy) is 1. The molecule has 8 nitrogen and oxygen atoms in total. The van der Waals surface area contributed by atoms with Crippen LogP contribution in [-0.2, 0) is 9.59 Å². The predicted octanol–water partition coefficient (Wildman–Crippen LogP) is 4.57. The maximum atomic E-state index is 12.6. The summed E-state index contributed by atoms with van der Waals surface area (Å²) in [5.41, 5.74) is 2.59. The van der Waals surface area contributed by atoms with Crippen LogP contribution in [0.2, 0.25) is 0 Å². The highest BCUT2D eigenvalue weighted by molar-refractivity contribution is 6.01. The highest BCUT2D eigenvalue weighted by Crippen LogP contribution is 2.29. The van der Waals surface area contributed by atoms with Crippen LogP contribution in [0.1, 0.15) is 18.0 Å². The molecule has 0 saturated carbocycles. The molecule has 1 aliphatic heterocycles. The minimum atomic E-state index is -0.757. The summed E-state index contributed by atoms with van der Waals surface area (Å²) in [6.45, 7) is 2.00. The summed E-state index contributed by atoms with van der Waals surface area (Å²) in [6.07, 6.45) is -0.0577. The topological polar surface area (TPSA) is 98.1 Å². The standard InChI is InChI=1S/C25H21N5O3/c1-16-7-9-17(10-8-16)23-27-25-28-24(32)21(30(25)29-23)15-22(31)26-18-11-13-20(14-12-18)33-19-5-3-2-4-6-19/h2-14,21H,15H2,1H3,(H,26,31)(H,27,28,29,32)/t21-/m0/s1. The number of benzene rings is 3. The summed E-state index contributed by atoms with van der Waals surface area (Å²) in [7, 11) is 0. The average Bonchev–Trinajstić information content (AvgIpc) is 3.35. The lowest BCUT2D eigenvalue weighted by molar-refractivity contribution is -0.123. The smallest absolute Gasteiger partial charge is 0.252 e. The fourth-order valence-corrected chi connectivity index (χ4v) is 3.55. The zero-order valence-electron chi connectivity index (χ0n) is 17.9. The van der Waals surface area contributed by atoms with E-state index in [1.807, 2.05) is 61.5 Å². The van der Waals surface area contributed by atoms with E-state index in [2.05, 4.69) is 20.7 Å². The van der Waals surface area contributed by atoms with Crippen LogP contribution in [0, 0.1) is 6.92 Å². The second kappa shape index (κ2) is 8.58. The SMILES string of the molecule is Cc1ccc(-c2nc3n(n2)[C@@H](CC(=O)Nc2ccc(Oc4ccccc4)cc2)C(=O)N3)cc1. The van der Waals surface area contributed by atoms with E-state index in [0.717, 1.165) is 16.9 Å². The van der Waals surface area contributed by atoms with Crippen LogP contribution >= 0.6 is 0 Å². The fraction of sp³-hybridized carbons (Fsp3) is 0.120. The van der Waals surface area contributed by atoms with E-state index in [4.69, 9.17) is 4.74 Å². The van der Waals surface area contributed by atoms with Gasteiger partial charge in [0.15, 0.2) is 5.82 Å². The van der Waals surface area contributed by atoms with Gasteiger partial charge in [0.25, 0.3) is 5.91 Å². The van der Waals surface area contributed by atoms with Crippen LogP contribution in [0.3, 0.4) is 0 Å². The Bertz CT molecular complexity index is 1300. The molecule has 0 unspecified atom stereocenters. The molecule has 5 rings (SSSR count). The first-order valence-corrected chi connectivity index (χ1v) is 10.5. The monoisotopic (exact) mass is 439 g/mol. The molecule has 1 aromatic heterocycles. The van der Waals surface area contributed by atoms with Crippen molar-refractivity contribution in [2.75, 3.05) is 10.6 Å². The van der Waals surface area contributed by atoms with Gasteiger partial charge in [0.1, 0.15) is 17.5 Å². The van der Waals surface area contributed by atoms with Crippen LogP contribution in [0.25, 0.3) is 11.4 Å². The van der Waals surface area contributed by atoms with Gasteiger partial charge in [-0.3, -0.25) is 14.9 Å². The van der Waals surface area contributed by atoms with Crippen LogP contribution in [0.15, 0.2) is 78.9 Å². The number of anilines is 2. The lowest BCUT2D eigenvalue weighted by atomic mass is 10.1. The fourth-order valence-electron chi connectivity index (χ4n) is 3.55. The van der Waals surface area contributed by atoms with Crippen LogP contribution < -0.4 is 15.4 Å². The predicted molar refractivity (Wildman–Crippen MR) is 124 cm³/mol. The molecule has 1 atom stereocenters. The van der Waals surface area contributed by atoms with E-state index in [9.17, 15) is 9.59 Å². The zero-order chi connectivity index (χ0) is 22.8. The summed E-state index contributed by atoms with van der Waals surface area (Å²) in [5, 5.41) is 9.98. The summed E-state index contributed by atoms with van der Waals surface area (Å²) >= 11 is 0. The van der Waals surface area contributed by atoms with Gasteiger partial charge in [0.2, 0.25) is 11.9 Å². The quantitative estimate of drug-likeness (QED) is 0.459. The number of hydrogen-bond acceptors (Lipinski definition) is 5. The number of aromatic nitrogens is 3. The number of rotatable bonds is 6. The van der Waals surface area contributed by atoms with E-state index >= 15 is 0 Å². The number of nitrogens with one attached hydrogen (secondary N) is 2. The molecule has 33 heavy (non-hydrogen) atoms. The highest BCUT2D eigenvalue weighted by Gasteiger charge is 2.35. The largest absolute Gasteiger partial charge is 0.457 e. The van der Waals surface area contributed by atoms with Gasteiger partial charge >= 0.3 is 0 Å². The third kappa shape index (κ3) is 4.45. The Morgan fingerprint density at radius 2 is 1.70 bits per heavy atom. The van der Waals surface area contributed by atoms with Gasteiger partial charge in [-0.2, -0.15) is 4.98 Å². The van der Waals surface area contributed by atoms with Crippen LogP contribution in [0.5, 0.6) is 11.5 Å². The summed E-state index contributed by atoms with van der Waals surface area (Å²) in [5.74, 6) is 1.63.